The van der Waals surface area contributed by atoms with Crippen LogP contribution in [0.15, 0.2) is 66.2 Å². The Morgan fingerprint density at radius 1 is 0.931 bits per heavy atom. The van der Waals surface area contributed by atoms with Gasteiger partial charge in [0, 0.05) is 10.4 Å². The molecule has 1 saturated heterocycles. The van der Waals surface area contributed by atoms with E-state index in [2.05, 4.69) is 5.32 Å². The zero-order valence-electron chi connectivity index (χ0n) is 15.3. The molecule has 0 unspecified atom stereocenters. The SMILES string of the molecule is COc1ccc(/C=C2\C(=O)NC(=O)N(c3ccc(Cl)cc3)C2=O)c2ccccc12. The molecule has 0 saturated carbocycles. The second-order valence-electron chi connectivity index (χ2n) is 6.34. The van der Waals surface area contributed by atoms with Crippen molar-refractivity contribution in [3.05, 3.63) is 76.8 Å². The van der Waals surface area contributed by atoms with Crippen LogP contribution in [0.4, 0.5) is 10.5 Å². The number of urea groups is 1. The second-order valence-corrected chi connectivity index (χ2v) is 6.77. The van der Waals surface area contributed by atoms with Gasteiger partial charge in [-0.25, -0.2) is 9.69 Å². The first kappa shape index (κ1) is 18.7. The van der Waals surface area contributed by atoms with Gasteiger partial charge in [-0.1, -0.05) is 41.9 Å². The molecule has 0 bridgehead atoms. The first-order chi connectivity index (χ1) is 14.0. The number of carbonyl (C=O) groups is 3. The van der Waals surface area contributed by atoms with Crippen LogP contribution in [0.5, 0.6) is 5.75 Å². The minimum atomic E-state index is -0.806. The van der Waals surface area contributed by atoms with Crippen LogP contribution in [0.2, 0.25) is 5.02 Å². The summed E-state index contributed by atoms with van der Waals surface area (Å²) in [5.74, 6) is -0.772. The van der Waals surface area contributed by atoms with Gasteiger partial charge in [-0.2, -0.15) is 0 Å². The third-order valence-electron chi connectivity index (χ3n) is 4.62. The summed E-state index contributed by atoms with van der Waals surface area (Å²) in [4.78, 5) is 38.6. The number of benzene rings is 3. The van der Waals surface area contributed by atoms with Crippen molar-refractivity contribution in [1.82, 2.24) is 5.32 Å². The molecule has 3 aromatic carbocycles. The smallest absolute Gasteiger partial charge is 0.335 e. The van der Waals surface area contributed by atoms with Crippen LogP contribution in [0.1, 0.15) is 5.56 Å². The number of hydrogen-bond donors (Lipinski definition) is 1. The van der Waals surface area contributed by atoms with Crippen LogP contribution >= 0.6 is 11.6 Å². The number of amides is 4. The first-order valence-electron chi connectivity index (χ1n) is 8.72. The highest BCUT2D eigenvalue weighted by atomic mass is 35.5. The number of nitrogens with one attached hydrogen (secondary N) is 1. The number of hydrogen-bond acceptors (Lipinski definition) is 4. The van der Waals surface area contributed by atoms with Crippen molar-refractivity contribution in [2.75, 3.05) is 12.0 Å². The maximum absolute atomic E-state index is 13.0. The molecule has 0 spiro atoms. The number of fused-ring (bicyclic) bond motifs is 1. The number of methoxy groups -OCH3 is 1. The number of carbonyl (C=O) groups excluding carboxylic acids is 3. The summed E-state index contributed by atoms with van der Waals surface area (Å²) in [5, 5.41) is 4.34. The summed E-state index contributed by atoms with van der Waals surface area (Å²) < 4.78 is 5.38. The molecule has 1 N–H and O–H groups in total. The lowest BCUT2D eigenvalue weighted by Gasteiger charge is -2.26. The summed E-state index contributed by atoms with van der Waals surface area (Å²) >= 11 is 5.88. The van der Waals surface area contributed by atoms with Gasteiger partial charge in [0.05, 0.1) is 12.8 Å². The first-order valence-corrected chi connectivity index (χ1v) is 9.10. The van der Waals surface area contributed by atoms with Crippen LogP contribution in [0.3, 0.4) is 0 Å². The Balaban J connectivity index is 1.82. The standard InChI is InChI=1S/C22H15ClN2O4/c1-29-19-11-6-13(16-4-2-3-5-17(16)19)12-18-20(26)24-22(28)25(21(18)27)15-9-7-14(23)8-10-15/h2-12H,1H3,(H,24,26,28)/b18-12+. The van der Waals surface area contributed by atoms with Gasteiger partial charge in [-0.15, -0.1) is 0 Å². The molecular formula is C22H15ClN2O4. The zero-order chi connectivity index (χ0) is 20.5. The van der Waals surface area contributed by atoms with E-state index in [1.54, 1.807) is 31.4 Å². The predicted molar refractivity (Wildman–Crippen MR) is 111 cm³/mol. The van der Waals surface area contributed by atoms with E-state index in [4.69, 9.17) is 16.3 Å². The Morgan fingerprint density at radius 3 is 2.31 bits per heavy atom. The highest BCUT2D eigenvalue weighted by Gasteiger charge is 2.36. The van der Waals surface area contributed by atoms with Gasteiger partial charge < -0.3 is 4.74 Å². The van der Waals surface area contributed by atoms with Gasteiger partial charge in [0.1, 0.15) is 11.3 Å². The predicted octanol–water partition coefficient (Wildman–Crippen LogP) is 4.17. The molecule has 4 rings (SSSR count). The fraction of sp³-hybridized carbons (Fsp3) is 0.0455. The van der Waals surface area contributed by atoms with Crippen molar-refractivity contribution < 1.29 is 19.1 Å². The van der Waals surface area contributed by atoms with E-state index in [0.29, 0.717) is 22.0 Å². The lowest BCUT2D eigenvalue weighted by Crippen LogP contribution is -2.54. The maximum Gasteiger partial charge on any atom is 0.335 e. The van der Waals surface area contributed by atoms with E-state index in [0.717, 1.165) is 15.7 Å². The summed E-state index contributed by atoms with van der Waals surface area (Å²) in [7, 11) is 1.58. The van der Waals surface area contributed by atoms with Crippen molar-refractivity contribution in [2.45, 2.75) is 0 Å². The van der Waals surface area contributed by atoms with Crippen LogP contribution < -0.4 is 15.0 Å². The number of barbiturate groups is 1. The van der Waals surface area contributed by atoms with Gasteiger partial charge in [-0.3, -0.25) is 14.9 Å². The number of nitrogens with zero attached hydrogens (tertiary/aromatic N) is 1. The Morgan fingerprint density at radius 2 is 1.62 bits per heavy atom. The monoisotopic (exact) mass is 406 g/mol. The summed E-state index contributed by atoms with van der Waals surface area (Å²) in [6.07, 6.45) is 1.48. The van der Waals surface area contributed by atoms with Gasteiger partial charge in [-0.05, 0) is 47.4 Å². The second kappa shape index (κ2) is 7.41. The Kier molecular flexibility index (Phi) is 4.78. The molecule has 0 atom stereocenters. The third-order valence-corrected chi connectivity index (χ3v) is 4.88. The number of halogens is 1. The summed E-state index contributed by atoms with van der Waals surface area (Å²) in [6, 6.07) is 16.4. The van der Waals surface area contributed by atoms with Crippen molar-refractivity contribution in [3.63, 3.8) is 0 Å². The largest absolute Gasteiger partial charge is 0.496 e. The van der Waals surface area contributed by atoms with Crippen molar-refractivity contribution in [2.24, 2.45) is 0 Å². The molecule has 144 valence electrons. The molecule has 6 nitrogen and oxygen atoms in total. The minimum absolute atomic E-state index is 0.144. The average molecular weight is 407 g/mol. The molecule has 1 aliphatic heterocycles. The fourth-order valence-corrected chi connectivity index (χ4v) is 3.36. The van der Waals surface area contributed by atoms with Gasteiger partial charge in [0.2, 0.25) is 0 Å². The third kappa shape index (κ3) is 3.34. The molecule has 4 amide bonds. The van der Waals surface area contributed by atoms with Crippen LogP contribution in [-0.4, -0.2) is 25.0 Å². The van der Waals surface area contributed by atoms with Crippen molar-refractivity contribution in [1.29, 1.82) is 0 Å². The van der Waals surface area contributed by atoms with E-state index in [1.807, 2.05) is 24.3 Å². The Bertz CT molecular complexity index is 1190. The number of imide groups is 2. The lowest BCUT2D eigenvalue weighted by molar-refractivity contribution is -0.122. The Hall–Kier alpha value is -3.64. The van der Waals surface area contributed by atoms with Crippen LogP contribution in [0.25, 0.3) is 16.8 Å². The summed E-state index contributed by atoms with van der Waals surface area (Å²) in [6.45, 7) is 0. The van der Waals surface area contributed by atoms with E-state index >= 15 is 0 Å². The van der Waals surface area contributed by atoms with Crippen molar-refractivity contribution >= 4 is 52.0 Å². The highest BCUT2D eigenvalue weighted by molar-refractivity contribution is 6.39. The molecule has 0 radical (unpaired) electrons. The van der Waals surface area contributed by atoms with E-state index < -0.39 is 17.8 Å². The van der Waals surface area contributed by atoms with Gasteiger partial charge in [0.25, 0.3) is 11.8 Å². The summed E-state index contributed by atoms with van der Waals surface area (Å²) in [5.41, 5.74) is 0.829. The number of anilines is 1. The molecule has 1 heterocycles. The van der Waals surface area contributed by atoms with Crippen molar-refractivity contribution in [3.8, 4) is 5.75 Å². The number of rotatable bonds is 3. The molecule has 0 aromatic heterocycles. The minimum Gasteiger partial charge on any atom is -0.496 e. The van der Waals surface area contributed by atoms with E-state index in [-0.39, 0.29) is 5.57 Å². The maximum atomic E-state index is 13.0. The Labute approximate surface area is 171 Å². The molecule has 1 aliphatic rings. The van der Waals surface area contributed by atoms with E-state index in [9.17, 15) is 14.4 Å². The molecule has 0 aliphatic carbocycles. The van der Waals surface area contributed by atoms with Gasteiger partial charge in [0.15, 0.2) is 0 Å². The van der Waals surface area contributed by atoms with Crippen LogP contribution in [0, 0.1) is 0 Å². The normalized spacial score (nSPS) is 15.7. The molecule has 29 heavy (non-hydrogen) atoms. The fourth-order valence-electron chi connectivity index (χ4n) is 3.24. The highest BCUT2D eigenvalue weighted by Crippen LogP contribution is 2.30. The zero-order valence-corrected chi connectivity index (χ0v) is 16.1. The quantitative estimate of drug-likeness (QED) is 0.523. The average Bonchev–Trinajstić information content (AvgIpc) is 2.72. The lowest BCUT2D eigenvalue weighted by atomic mass is 10.00. The molecule has 1 fully saturated rings. The van der Waals surface area contributed by atoms with Gasteiger partial charge >= 0.3 is 6.03 Å². The van der Waals surface area contributed by atoms with E-state index in [1.165, 1.54) is 18.2 Å². The molecule has 7 heteroatoms. The van der Waals surface area contributed by atoms with Crippen LogP contribution in [-0.2, 0) is 9.59 Å². The molecular weight excluding hydrogens is 392 g/mol. The molecule has 3 aromatic rings. The number of ether oxygens (including phenoxy) is 1. The topological polar surface area (TPSA) is 75.7 Å².